The highest BCUT2D eigenvalue weighted by Crippen LogP contribution is 2.26. The van der Waals surface area contributed by atoms with E-state index in [4.69, 9.17) is 24.9 Å². The maximum Gasteiger partial charge on any atom is 0.300 e. The number of aliphatic carboxylic acids is 2. The molecule has 12 heteroatoms. The number of nitrogens with one attached hydrogen (secondary N) is 2. The van der Waals surface area contributed by atoms with Gasteiger partial charge in [-0.25, -0.2) is 15.1 Å². The van der Waals surface area contributed by atoms with Crippen molar-refractivity contribution in [3.63, 3.8) is 0 Å². The van der Waals surface area contributed by atoms with Gasteiger partial charge in [-0.3, -0.25) is 19.4 Å². The summed E-state index contributed by atoms with van der Waals surface area (Å²) < 4.78 is 1.82. The number of aromatic amines is 1. The van der Waals surface area contributed by atoms with Gasteiger partial charge < -0.3 is 10.2 Å². The molecular weight excluding hydrogens is 472 g/mol. The fourth-order valence-corrected chi connectivity index (χ4v) is 3.33. The largest absolute Gasteiger partial charge is 0.481 e. The van der Waals surface area contributed by atoms with E-state index in [0.717, 1.165) is 35.7 Å². The third-order valence-electron chi connectivity index (χ3n) is 3.76. The van der Waals surface area contributed by atoms with Crippen molar-refractivity contribution in [2.75, 3.05) is 5.43 Å². The number of hydrogen-bond donors (Lipinski definition) is 4. The van der Waals surface area contributed by atoms with Crippen molar-refractivity contribution in [3.05, 3.63) is 81.7 Å². The Labute approximate surface area is 204 Å². The number of carbonyl (C=O) groups is 2. The van der Waals surface area contributed by atoms with Crippen LogP contribution in [0.5, 0.6) is 0 Å². The van der Waals surface area contributed by atoms with Gasteiger partial charge in [-0.2, -0.15) is 10.2 Å². The normalized spacial score (nSPS) is 10.0. The van der Waals surface area contributed by atoms with Gasteiger partial charge in [-0.15, -0.1) is 11.3 Å². The van der Waals surface area contributed by atoms with Gasteiger partial charge in [0, 0.05) is 37.4 Å². The highest BCUT2D eigenvalue weighted by molar-refractivity contribution is 7.13. The quantitative estimate of drug-likeness (QED) is 0.240. The molecule has 1 aromatic carbocycles. The molecule has 0 saturated carbocycles. The minimum absolute atomic E-state index is 0.226. The first kappa shape index (κ1) is 26.7. The maximum atomic E-state index is 11.5. The van der Waals surface area contributed by atoms with E-state index < -0.39 is 11.9 Å². The second-order valence-electron chi connectivity index (χ2n) is 6.83. The van der Waals surface area contributed by atoms with Crippen LogP contribution in [-0.2, 0) is 9.59 Å². The Balaban J connectivity index is 0.000000473. The van der Waals surface area contributed by atoms with Crippen LogP contribution in [0.4, 0.5) is 5.95 Å². The molecule has 4 aromatic rings. The lowest BCUT2D eigenvalue weighted by molar-refractivity contribution is -0.135. The monoisotopic (exact) mass is 496 g/mol. The number of rotatable bonds is 5. The lowest BCUT2D eigenvalue weighted by Crippen LogP contribution is -2.10. The Morgan fingerprint density at radius 1 is 1.11 bits per heavy atom. The van der Waals surface area contributed by atoms with Crippen LogP contribution in [0.2, 0.25) is 0 Å². The Kier molecular flexibility index (Phi) is 10.1. The summed E-state index contributed by atoms with van der Waals surface area (Å²) in [5, 5.41) is 25.8. The predicted octanol–water partition coefficient (Wildman–Crippen LogP) is 3.62. The minimum atomic E-state index is -0.833. The average molecular weight is 497 g/mol. The third-order valence-corrected chi connectivity index (χ3v) is 4.64. The molecule has 0 saturated heterocycles. The smallest absolute Gasteiger partial charge is 0.300 e. The van der Waals surface area contributed by atoms with Crippen LogP contribution in [0.3, 0.4) is 0 Å². The van der Waals surface area contributed by atoms with Crippen LogP contribution >= 0.6 is 11.3 Å². The number of aryl methyl sites for hydroxylation is 1. The summed E-state index contributed by atoms with van der Waals surface area (Å²) >= 11 is 1.61. The van der Waals surface area contributed by atoms with E-state index in [2.05, 4.69) is 20.5 Å². The summed E-state index contributed by atoms with van der Waals surface area (Å²) in [5.41, 5.74) is 5.81. The molecule has 0 fully saturated rings. The molecule has 0 amide bonds. The van der Waals surface area contributed by atoms with Crippen LogP contribution in [0.15, 0.2) is 70.0 Å². The lowest BCUT2D eigenvalue weighted by Gasteiger charge is -1.99. The van der Waals surface area contributed by atoms with Crippen molar-refractivity contribution < 1.29 is 19.8 Å². The molecule has 3 aromatic heterocycles. The number of H-pyrrole nitrogens is 1. The van der Waals surface area contributed by atoms with Gasteiger partial charge in [0.2, 0.25) is 5.95 Å². The molecule has 35 heavy (non-hydrogen) atoms. The SMILES string of the molecule is CC(=O)O.CC(=O)O.Cc1cc(=O)[nH]c(N/N=C/c2cn(-c3ccccc3)nc2-c2cccs2)n1. The Morgan fingerprint density at radius 3 is 2.34 bits per heavy atom. The molecule has 11 nitrogen and oxygen atoms in total. The number of nitrogens with zero attached hydrogens (tertiary/aromatic N) is 4. The van der Waals surface area contributed by atoms with Gasteiger partial charge >= 0.3 is 0 Å². The number of anilines is 1. The molecule has 0 unspecified atom stereocenters. The molecule has 0 aliphatic carbocycles. The first-order chi connectivity index (χ1) is 16.7. The summed E-state index contributed by atoms with van der Waals surface area (Å²) in [6.07, 6.45) is 3.59. The standard InChI is InChI=1S/C19H16N6OS.2C2H4O2/c1-13-10-17(26)22-19(21-13)23-20-11-14-12-25(15-6-3-2-4-7-15)24-18(14)16-8-5-9-27-16;2*1-2(3)4/h2-12H,1H3,(H2,21,22,23,26);2*1H3,(H,3,4)/b20-11+;;. The Hall–Kier alpha value is -4.58. The van der Waals surface area contributed by atoms with Crippen LogP contribution < -0.4 is 11.0 Å². The fraction of sp³-hybridized carbons (Fsp3) is 0.130. The van der Waals surface area contributed by atoms with Crippen molar-refractivity contribution in [2.24, 2.45) is 5.10 Å². The van der Waals surface area contributed by atoms with Gasteiger partial charge in [-0.05, 0) is 30.5 Å². The second kappa shape index (κ2) is 13.2. The number of carboxylic acid groups (broad SMARTS) is 2. The lowest BCUT2D eigenvalue weighted by atomic mass is 10.2. The van der Waals surface area contributed by atoms with Crippen molar-refractivity contribution in [2.45, 2.75) is 20.8 Å². The van der Waals surface area contributed by atoms with Crippen molar-refractivity contribution in [1.82, 2.24) is 19.7 Å². The number of benzene rings is 1. The van der Waals surface area contributed by atoms with Gasteiger partial charge in [0.05, 0.1) is 16.8 Å². The first-order valence-electron chi connectivity index (χ1n) is 10.1. The van der Waals surface area contributed by atoms with E-state index in [1.165, 1.54) is 6.07 Å². The number of carboxylic acids is 2. The molecule has 0 aliphatic rings. The molecule has 0 spiro atoms. The number of hydrazone groups is 1. The molecule has 0 radical (unpaired) electrons. The van der Waals surface area contributed by atoms with E-state index in [1.807, 2.05) is 58.7 Å². The zero-order valence-electron chi connectivity index (χ0n) is 19.2. The highest BCUT2D eigenvalue weighted by Gasteiger charge is 2.11. The zero-order valence-corrected chi connectivity index (χ0v) is 20.0. The van der Waals surface area contributed by atoms with Gasteiger partial charge in [0.15, 0.2) is 0 Å². The van der Waals surface area contributed by atoms with Crippen LogP contribution in [0.25, 0.3) is 16.3 Å². The van der Waals surface area contributed by atoms with Crippen LogP contribution in [0, 0.1) is 6.92 Å². The first-order valence-corrected chi connectivity index (χ1v) is 11.0. The Bertz CT molecular complexity index is 1310. The van der Waals surface area contributed by atoms with Crippen molar-refractivity contribution in [3.8, 4) is 16.3 Å². The highest BCUT2D eigenvalue weighted by atomic mass is 32.1. The molecule has 0 aliphatic heterocycles. The molecule has 4 rings (SSSR count). The maximum absolute atomic E-state index is 11.5. The van der Waals surface area contributed by atoms with E-state index in [-0.39, 0.29) is 5.56 Å². The van der Waals surface area contributed by atoms with Crippen molar-refractivity contribution >= 4 is 35.4 Å². The van der Waals surface area contributed by atoms with E-state index in [1.54, 1.807) is 24.5 Å². The molecular formula is C23H24N6O5S. The molecule has 0 atom stereocenters. The third kappa shape index (κ3) is 9.43. The summed E-state index contributed by atoms with van der Waals surface area (Å²) in [7, 11) is 0. The summed E-state index contributed by atoms with van der Waals surface area (Å²) in [4.78, 5) is 37.4. The molecule has 182 valence electrons. The average Bonchev–Trinajstić information content (AvgIpc) is 3.43. The number of hydrogen-bond acceptors (Lipinski definition) is 8. The number of para-hydroxylation sites is 1. The molecule has 4 N–H and O–H groups in total. The Morgan fingerprint density at radius 2 is 1.77 bits per heavy atom. The second-order valence-corrected chi connectivity index (χ2v) is 7.78. The van der Waals surface area contributed by atoms with Crippen LogP contribution in [0.1, 0.15) is 25.1 Å². The van der Waals surface area contributed by atoms with E-state index in [9.17, 15) is 4.79 Å². The van der Waals surface area contributed by atoms with Gasteiger partial charge in [0.1, 0.15) is 5.69 Å². The summed E-state index contributed by atoms with van der Waals surface area (Å²) in [6, 6.07) is 15.3. The molecule has 3 heterocycles. The van der Waals surface area contributed by atoms with Crippen LogP contribution in [-0.4, -0.2) is 48.1 Å². The summed E-state index contributed by atoms with van der Waals surface area (Å²) in [6.45, 7) is 3.92. The summed E-state index contributed by atoms with van der Waals surface area (Å²) in [5.74, 6) is -1.37. The zero-order chi connectivity index (χ0) is 25.8. The van der Waals surface area contributed by atoms with E-state index in [0.29, 0.717) is 11.6 Å². The minimum Gasteiger partial charge on any atom is -0.481 e. The predicted molar refractivity (Wildman–Crippen MR) is 134 cm³/mol. The van der Waals surface area contributed by atoms with E-state index >= 15 is 0 Å². The fourth-order valence-electron chi connectivity index (χ4n) is 2.59. The molecule has 0 bridgehead atoms. The number of aromatic nitrogens is 4. The number of thiophene rings is 1. The van der Waals surface area contributed by atoms with Gasteiger partial charge in [-0.1, -0.05) is 24.3 Å². The topological polar surface area (TPSA) is 163 Å². The van der Waals surface area contributed by atoms with Gasteiger partial charge in [0.25, 0.3) is 17.5 Å². The van der Waals surface area contributed by atoms with Crippen molar-refractivity contribution in [1.29, 1.82) is 0 Å².